The monoisotopic (exact) mass is 571 g/mol. The van der Waals surface area contributed by atoms with Gasteiger partial charge in [0.05, 0.1) is 29.9 Å². The van der Waals surface area contributed by atoms with Gasteiger partial charge in [-0.1, -0.05) is 12.1 Å². The van der Waals surface area contributed by atoms with Gasteiger partial charge >= 0.3 is 5.97 Å². The summed E-state index contributed by atoms with van der Waals surface area (Å²) in [6, 6.07) is 10.1. The van der Waals surface area contributed by atoms with E-state index in [1.54, 1.807) is 23.6 Å². The Morgan fingerprint density at radius 2 is 1.93 bits per heavy atom. The van der Waals surface area contributed by atoms with Gasteiger partial charge in [0.15, 0.2) is 0 Å². The Balaban J connectivity index is 1.12. The number of anilines is 1. The molecular weight excluding hydrogens is 534 g/mol. The molecule has 1 fully saturated rings. The number of ether oxygens (including phenoxy) is 1. The molecule has 0 saturated carbocycles. The van der Waals surface area contributed by atoms with Crippen molar-refractivity contribution in [2.45, 2.75) is 52.6 Å². The van der Waals surface area contributed by atoms with Gasteiger partial charge < -0.3 is 28.5 Å². The fraction of sp³-hybridized carbons (Fsp3) is 0.419. The number of para-hydroxylation sites is 2. The molecule has 5 aromatic rings. The second-order valence-electron chi connectivity index (χ2n) is 11.0. The third kappa shape index (κ3) is 5.32. The molecule has 11 heteroatoms. The van der Waals surface area contributed by atoms with Crippen LogP contribution in [0.15, 0.2) is 51.9 Å². The number of hydrogen-bond donors (Lipinski definition) is 1. The molecule has 1 aromatic carbocycles. The first-order valence-electron chi connectivity index (χ1n) is 14.6. The van der Waals surface area contributed by atoms with Gasteiger partial charge in [0.25, 0.3) is 5.56 Å². The van der Waals surface area contributed by atoms with E-state index in [1.165, 1.54) is 0 Å². The first kappa shape index (κ1) is 27.8. The quantitative estimate of drug-likeness (QED) is 0.265. The Bertz CT molecular complexity index is 1800. The minimum atomic E-state index is -0.454. The molecule has 0 radical (unpaired) electrons. The average molecular weight is 572 g/mol. The van der Waals surface area contributed by atoms with Crippen molar-refractivity contribution in [3.8, 4) is 0 Å². The van der Waals surface area contributed by atoms with Crippen molar-refractivity contribution in [3.05, 3.63) is 81.4 Å². The summed E-state index contributed by atoms with van der Waals surface area (Å²) < 4.78 is 16.5. The Hall–Kier alpha value is -4.38. The molecule has 1 aliphatic heterocycles. The number of piperidine rings is 1. The highest BCUT2D eigenvalue weighted by atomic mass is 16.5. The summed E-state index contributed by atoms with van der Waals surface area (Å²) in [5, 5.41) is 3.70. The lowest BCUT2D eigenvalue weighted by Crippen LogP contribution is -2.41. The summed E-state index contributed by atoms with van der Waals surface area (Å²) in [5.74, 6) is 1.92. The molecule has 4 aromatic heterocycles. The lowest BCUT2D eigenvalue weighted by atomic mass is 10.0. The lowest BCUT2D eigenvalue weighted by molar-refractivity contribution is 0.0488. The molecule has 6 rings (SSSR count). The van der Waals surface area contributed by atoms with Crippen LogP contribution >= 0.6 is 0 Å². The number of nitrogens with one attached hydrogen (secondary N) is 1. The van der Waals surface area contributed by atoms with E-state index in [0.29, 0.717) is 31.1 Å². The third-order valence-corrected chi connectivity index (χ3v) is 8.23. The number of carbonyl (C=O) groups excluding carboxylic acids is 1. The van der Waals surface area contributed by atoms with Crippen LogP contribution in [0.25, 0.3) is 16.8 Å². The van der Waals surface area contributed by atoms with Crippen LogP contribution in [0.2, 0.25) is 0 Å². The maximum Gasteiger partial charge on any atom is 0.374 e. The largest absolute Gasteiger partial charge is 0.460 e. The topological polar surface area (TPSA) is 112 Å². The molecule has 0 bridgehead atoms. The van der Waals surface area contributed by atoms with Crippen LogP contribution in [0.1, 0.15) is 52.9 Å². The van der Waals surface area contributed by atoms with Gasteiger partial charge in [0.2, 0.25) is 17.5 Å². The number of aryl methyl sites for hydroxylation is 3. The summed E-state index contributed by atoms with van der Waals surface area (Å²) in [6.45, 7) is 9.08. The van der Waals surface area contributed by atoms with Crippen molar-refractivity contribution in [3.63, 3.8) is 0 Å². The van der Waals surface area contributed by atoms with Gasteiger partial charge in [-0.25, -0.2) is 14.8 Å². The summed E-state index contributed by atoms with van der Waals surface area (Å²) in [6.07, 6.45) is 6.26. The highest BCUT2D eigenvalue weighted by Gasteiger charge is 2.23. The number of benzene rings is 1. The zero-order valence-corrected chi connectivity index (χ0v) is 24.6. The second-order valence-corrected chi connectivity index (χ2v) is 11.0. The van der Waals surface area contributed by atoms with Gasteiger partial charge in [-0.2, -0.15) is 0 Å². The molecule has 5 heterocycles. The Morgan fingerprint density at radius 3 is 2.71 bits per heavy atom. The molecule has 0 amide bonds. The Morgan fingerprint density at radius 1 is 1.14 bits per heavy atom. The van der Waals surface area contributed by atoms with Crippen molar-refractivity contribution in [1.29, 1.82) is 0 Å². The smallest absolute Gasteiger partial charge is 0.374 e. The molecule has 1 N–H and O–H groups in total. The molecule has 0 spiro atoms. The predicted octanol–water partition coefficient (Wildman–Crippen LogP) is 3.94. The molecule has 42 heavy (non-hydrogen) atoms. The number of aromatic nitrogens is 5. The minimum Gasteiger partial charge on any atom is -0.460 e. The molecule has 0 unspecified atom stereocenters. The molecule has 0 aliphatic carbocycles. The lowest BCUT2D eigenvalue weighted by Gasteiger charge is -2.32. The molecule has 0 atom stereocenters. The maximum atomic E-state index is 13.1. The van der Waals surface area contributed by atoms with E-state index < -0.39 is 5.97 Å². The van der Waals surface area contributed by atoms with Gasteiger partial charge in [-0.05, 0) is 58.2 Å². The SMILES string of the molecule is CCOC(=O)c1cc(Cn2c(NC3CCN(CCc4c(C)nc5n(C)ccn5c4=O)CC3)nc3ccccc32)c(C)o1. The van der Waals surface area contributed by atoms with Crippen LogP contribution in [0.4, 0.5) is 5.95 Å². The first-order chi connectivity index (χ1) is 20.3. The summed E-state index contributed by atoms with van der Waals surface area (Å²) in [4.78, 5) is 37.3. The standard InChI is InChI=1S/C31H37N7O4/c1-5-41-29(40)27-18-22(21(3)42-27)19-38-26-9-7-6-8-25(26)34-30(38)33-23-10-13-36(14-11-23)15-12-24-20(2)32-31-35(4)16-17-37(31)28(24)39/h6-9,16-18,23H,5,10-15,19H2,1-4H3,(H,33,34). The van der Waals surface area contributed by atoms with Crippen LogP contribution in [0, 0.1) is 13.8 Å². The van der Waals surface area contributed by atoms with E-state index in [9.17, 15) is 9.59 Å². The van der Waals surface area contributed by atoms with Crippen LogP contribution in [-0.2, 0) is 24.8 Å². The van der Waals surface area contributed by atoms with E-state index >= 15 is 0 Å². The highest BCUT2D eigenvalue weighted by molar-refractivity contribution is 5.86. The van der Waals surface area contributed by atoms with Crippen LogP contribution in [-0.4, -0.2) is 66.7 Å². The van der Waals surface area contributed by atoms with Gasteiger partial charge in [-0.3, -0.25) is 9.20 Å². The van der Waals surface area contributed by atoms with Crippen molar-refractivity contribution in [2.24, 2.45) is 7.05 Å². The number of esters is 1. The first-order valence-corrected chi connectivity index (χ1v) is 14.6. The number of carbonyl (C=O) groups is 1. The van der Waals surface area contributed by atoms with Crippen molar-refractivity contribution in [2.75, 3.05) is 31.6 Å². The fourth-order valence-electron chi connectivity index (χ4n) is 5.82. The average Bonchev–Trinajstić information content (AvgIpc) is 3.65. The van der Waals surface area contributed by atoms with E-state index in [2.05, 4.69) is 25.8 Å². The highest BCUT2D eigenvalue weighted by Crippen LogP contribution is 2.26. The summed E-state index contributed by atoms with van der Waals surface area (Å²) in [5.41, 5.74) is 4.45. The number of nitrogens with zero attached hydrogens (tertiary/aromatic N) is 6. The number of furan rings is 1. The van der Waals surface area contributed by atoms with E-state index in [1.807, 2.05) is 49.9 Å². The molecule has 1 saturated heterocycles. The molecule has 220 valence electrons. The maximum absolute atomic E-state index is 13.1. The van der Waals surface area contributed by atoms with E-state index in [0.717, 1.165) is 66.3 Å². The van der Waals surface area contributed by atoms with Crippen LogP contribution < -0.4 is 10.9 Å². The normalized spacial score (nSPS) is 14.7. The Labute approximate surface area is 243 Å². The predicted molar refractivity (Wildman–Crippen MR) is 160 cm³/mol. The number of imidazole rings is 2. The fourth-order valence-corrected chi connectivity index (χ4v) is 5.82. The zero-order valence-electron chi connectivity index (χ0n) is 24.6. The van der Waals surface area contributed by atoms with Crippen LogP contribution in [0.3, 0.4) is 0 Å². The van der Waals surface area contributed by atoms with Crippen molar-refractivity contribution in [1.82, 2.24) is 28.4 Å². The van der Waals surface area contributed by atoms with Crippen molar-refractivity contribution >= 4 is 28.7 Å². The zero-order chi connectivity index (χ0) is 29.4. The van der Waals surface area contributed by atoms with Crippen molar-refractivity contribution < 1.29 is 13.9 Å². The van der Waals surface area contributed by atoms with Crippen LogP contribution in [0.5, 0.6) is 0 Å². The summed E-state index contributed by atoms with van der Waals surface area (Å²) in [7, 11) is 1.90. The van der Waals surface area contributed by atoms with E-state index in [4.69, 9.17) is 14.1 Å². The summed E-state index contributed by atoms with van der Waals surface area (Å²) >= 11 is 0. The third-order valence-electron chi connectivity index (χ3n) is 8.23. The molecule has 1 aliphatic rings. The van der Waals surface area contributed by atoms with Gasteiger partial charge in [0.1, 0.15) is 5.76 Å². The second kappa shape index (κ2) is 11.5. The van der Waals surface area contributed by atoms with E-state index in [-0.39, 0.29) is 17.4 Å². The molecule has 11 nitrogen and oxygen atoms in total. The number of hydrogen-bond acceptors (Lipinski definition) is 8. The minimum absolute atomic E-state index is 0.0239. The molecular formula is C31H37N7O4. The number of likely N-dealkylation sites (tertiary alicyclic amines) is 1. The number of rotatable bonds is 9. The number of fused-ring (bicyclic) bond motifs is 2. The Kier molecular flexibility index (Phi) is 7.59. The van der Waals surface area contributed by atoms with Gasteiger partial charge in [-0.15, -0.1) is 0 Å². The van der Waals surface area contributed by atoms with Gasteiger partial charge in [0, 0.05) is 56.2 Å².